The molecule has 0 bridgehead atoms. The van der Waals surface area contributed by atoms with E-state index in [2.05, 4.69) is 4.99 Å². The fourth-order valence-corrected chi connectivity index (χ4v) is 3.41. The molecule has 146 valence electrons. The Morgan fingerprint density at radius 2 is 1.97 bits per heavy atom. The monoisotopic (exact) mass is 391 g/mol. The highest BCUT2D eigenvalue weighted by Gasteiger charge is 2.25. The molecule has 5 nitrogen and oxygen atoms in total. The van der Waals surface area contributed by atoms with Crippen LogP contribution in [0.3, 0.4) is 0 Å². The summed E-state index contributed by atoms with van der Waals surface area (Å²) < 4.78 is 24.6. The number of hydrogen-bond donors (Lipinski definition) is 1. The average Bonchev–Trinajstić information content (AvgIpc) is 3.05. The number of rotatable bonds is 4. The van der Waals surface area contributed by atoms with Crippen LogP contribution in [-0.4, -0.2) is 23.9 Å². The SMILES string of the molecule is CCOC(=O)c1c(C)oc2c1c(C=Nc1cccc(F)c1)c(O)c1ccccc12. The summed E-state index contributed by atoms with van der Waals surface area (Å²) in [5.41, 5.74) is 1.38. The number of ether oxygens (including phenoxy) is 1. The topological polar surface area (TPSA) is 72.0 Å². The predicted octanol–water partition coefficient (Wildman–Crippen LogP) is 5.67. The van der Waals surface area contributed by atoms with Gasteiger partial charge in [0, 0.05) is 27.9 Å². The highest BCUT2D eigenvalue weighted by molar-refractivity contribution is 6.21. The van der Waals surface area contributed by atoms with Gasteiger partial charge in [-0.25, -0.2) is 9.18 Å². The van der Waals surface area contributed by atoms with Gasteiger partial charge in [-0.15, -0.1) is 0 Å². The van der Waals surface area contributed by atoms with Gasteiger partial charge in [-0.3, -0.25) is 4.99 Å². The maximum absolute atomic E-state index is 13.5. The second kappa shape index (κ2) is 7.39. The highest BCUT2D eigenvalue weighted by atomic mass is 19.1. The highest BCUT2D eigenvalue weighted by Crippen LogP contribution is 2.41. The van der Waals surface area contributed by atoms with E-state index in [0.717, 1.165) is 0 Å². The molecule has 0 aliphatic heterocycles. The summed E-state index contributed by atoms with van der Waals surface area (Å²) in [6, 6.07) is 13.0. The van der Waals surface area contributed by atoms with Crippen molar-refractivity contribution in [2.24, 2.45) is 4.99 Å². The Kier molecular flexibility index (Phi) is 4.76. The van der Waals surface area contributed by atoms with Gasteiger partial charge in [0.05, 0.1) is 12.3 Å². The van der Waals surface area contributed by atoms with Gasteiger partial charge in [0.15, 0.2) is 0 Å². The Bertz CT molecular complexity index is 1270. The van der Waals surface area contributed by atoms with E-state index in [9.17, 15) is 14.3 Å². The molecule has 0 spiro atoms. The minimum Gasteiger partial charge on any atom is -0.507 e. The van der Waals surface area contributed by atoms with Gasteiger partial charge in [0.1, 0.15) is 28.5 Å². The molecule has 1 heterocycles. The van der Waals surface area contributed by atoms with E-state index in [1.54, 1.807) is 38.1 Å². The second-order valence-electron chi connectivity index (χ2n) is 6.50. The number of hydrogen-bond acceptors (Lipinski definition) is 5. The van der Waals surface area contributed by atoms with Crippen LogP contribution >= 0.6 is 0 Å². The Morgan fingerprint density at radius 3 is 2.69 bits per heavy atom. The number of halogens is 1. The largest absolute Gasteiger partial charge is 0.507 e. The van der Waals surface area contributed by atoms with Crippen molar-refractivity contribution in [3.8, 4) is 5.75 Å². The molecule has 1 N–H and O–H groups in total. The lowest BCUT2D eigenvalue weighted by atomic mass is 9.98. The van der Waals surface area contributed by atoms with Crippen LogP contribution in [0.5, 0.6) is 5.75 Å². The first kappa shape index (κ1) is 18.7. The summed E-state index contributed by atoms with van der Waals surface area (Å²) in [7, 11) is 0. The van der Waals surface area contributed by atoms with Crippen molar-refractivity contribution in [2.45, 2.75) is 13.8 Å². The molecule has 0 aliphatic carbocycles. The van der Waals surface area contributed by atoms with Crippen molar-refractivity contribution in [2.75, 3.05) is 6.61 Å². The van der Waals surface area contributed by atoms with Gasteiger partial charge in [-0.05, 0) is 32.0 Å². The molecule has 4 aromatic rings. The lowest BCUT2D eigenvalue weighted by Gasteiger charge is -2.08. The van der Waals surface area contributed by atoms with Gasteiger partial charge in [-0.1, -0.05) is 30.3 Å². The summed E-state index contributed by atoms with van der Waals surface area (Å²) in [4.78, 5) is 16.9. The number of carbonyl (C=O) groups excluding carboxylic acids is 1. The van der Waals surface area contributed by atoms with Crippen molar-refractivity contribution in [1.29, 1.82) is 0 Å². The summed E-state index contributed by atoms with van der Waals surface area (Å²) in [6.07, 6.45) is 1.41. The molecule has 0 fully saturated rings. The molecule has 4 rings (SSSR count). The lowest BCUT2D eigenvalue weighted by molar-refractivity contribution is 0.0526. The molecule has 0 saturated carbocycles. The fourth-order valence-electron chi connectivity index (χ4n) is 3.41. The van der Waals surface area contributed by atoms with E-state index in [1.165, 1.54) is 18.3 Å². The molecule has 0 saturated heterocycles. The smallest absolute Gasteiger partial charge is 0.342 e. The minimum absolute atomic E-state index is 0.0420. The Labute approximate surface area is 166 Å². The van der Waals surface area contributed by atoms with E-state index in [1.807, 2.05) is 12.1 Å². The average molecular weight is 391 g/mol. The number of furan rings is 1. The van der Waals surface area contributed by atoms with Gasteiger partial charge in [0.25, 0.3) is 0 Å². The normalized spacial score (nSPS) is 11.6. The number of aromatic hydroxyl groups is 1. The zero-order valence-corrected chi connectivity index (χ0v) is 15.9. The van der Waals surface area contributed by atoms with Gasteiger partial charge < -0.3 is 14.3 Å². The number of phenols is 1. The molecule has 29 heavy (non-hydrogen) atoms. The molecule has 0 amide bonds. The van der Waals surface area contributed by atoms with Crippen LogP contribution < -0.4 is 0 Å². The Balaban J connectivity index is 2.04. The van der Waals surface area contributed by atoms with Crippen molar-refractivity contribution in [3.63, 3.8) is 0 Å². The quantitative estimate of drug-likeness (QED) is 0.360. The van der Waals surface area contributed by atoms with E-state index in [4.69, 9.17) is 9.15 Å². The standard InChI is InChI=1S/C23H18FNO4/c1-3-28-23(27)19-13(2)29-22-17-10-5-4-9-16(17)21(26)18(20(19)22)12-25-15-8-6-7-14(24)11-15/h4-12,26H,3H2,1-2H3. The summed E-state index contributed by atoms with van der Waals surface area (Å²) in [5.74, 6) is -0.619. The number of fused-ring (bicyclic) bond motifs is 3. The summed E-state index contributed by atoms with van der Waals surface area (Å²) >= 11 is 0. The molecule has 0 atom stereocenters. The van der Waals surface area contributed by atoms with Gasteiger partial charge in [-0.2, -0.15) is 0 Å². The van der Waals surface area contributed by atoms with Crippen LogP contribution in [0.1, 0.15) is 28.6 Å². The maximum Gasteiger partial charge on any atom is 0.342 e. The number of aryl methyl sites for hydroxylation is 1. The van der Waals surface area contributed by atoms with Gasteiger partial charge >= 0.3 is 5.97 Å². The third-order valence-corrected chi connectivity index (χ3v) is 4.67. The molecular formula is C23H18FNO4. The number of aliphatic imine (C=N–C) groups is 1. The summed E-state index contributed by atoms with van der Waals surface area (Å²) in [5, 5.41) is 12.6. The van der Waals surface area contributed by atoms with Crippen LogP contribution in [0.2, 0.25) is 0 Å². The molecule has 0 aliphatic rings. The Morgan fingerprint density at radius 1 is 1.21 bits per heavy atom. The van der Waals surface area contributed by atoms with E-state index in [0.29, 0.717) is 38.8 Å². The number of carbonyl (C=O) groups is 1. The molecule has 1 aromatic heterocycles. The number of phenolic OH excluding ortho intramolecular Hbond substituents is 1. The zero-order chi connectivity index (χ0) is 20.5. The van der Waals surface area contributed by atoms with Crippen molar-refractivity contribution in [3.05, 3.63) is 71.2 Å². The third kappa shape index (κ3) is 3.23. The van der Waals surface area contributed by atoms with E-state index >= 15 is 0 Å². The Hall–Kier alpha value is -3.67. The second-order valence-corrected chi connectivity index (χ2v) is 6.50. The number of esters is 1. The molecule has 0 radical (unpaired) electrons. The first-order chi connectivity index (χ1) is 14.0. The van der Waals surface area contributed by atoms with Crippen LogP contribution in [0.15, 0.2) is 57.9 Å². The van der Waals surface area contributed by atoms with Crippen LogP contribution in [-0.2, 0) is 4.74 Å². The molecule has 0 unspecified atom stereocenters. The number of benzene rings is 3. The molecule has 6 heteroatoms. The van der Waals surface area contributed by atoms with Crippen LogP contribution in [0.4, 0.5) is 10.1 Å². The predicted molar refractivity (Wildman–Crippen MR) is 110 cm³/mol. The van der Waals surface area contributed by atoms with Crippen molar-refractivity contribution < 1.29 is 23.4 Å². The van der Waals surface area contributed by atoms with Crippen LogP contribution in [0, 0.1) is 12.7 Å². The van der Waals surface area contributed by atoms with Gasteiger partial charge in [0.2, 0.25) is 0 Å². The van der Waals surface area contributed by atoms with Crippen molar-refractivity contribution in [1.82, 2.24) is 0 Å². The van der Waals surface area contributed by atoms with E-state index in [-0.39, 0.29) is 17.9 Å². The molecule has 3 aromatic carbocycles. The third-order valence-electron chi connectivity index (χ3n) is 4.67. The lowest BCUT2D eigenvalue weighted by Crippen LogP contribution is -2.06. The van der Waals surface area contributed by atoms with Crippen molar-refractivity contribution >= 4 is 39.6 Å². The maximum atomic E-state index is 13.5. The number of nitrogens with zero attached hydrogens (tertiary/aromatic N) is 1. The van der Waals surface area contributed by atoms with Crippen LogP contribution in [0.25, 0.3) is 21.7 Å². The fraction of sp³-hybridized carbons (Fsp3) is 0.130. The first-order valence-corrected chi connectivity index (χ1v) is 9.14. The summed E-state index contributed by atoms with van der Waals surface area (Å²) in [6.45, 7) is 3.59. The zero-order valence-electron chi connectivity index (χ0n) is 15.9. The minimum atomic E-state index is -0.543. The van der Waals surface area contributed by atoms with E-state index < -0.39 is 11.8 Å². The molecular weight excluding hydrogens is 373 g/mol. The first-order valence-electron chi connectivity index (χ1n) is 9.14.